The lowest BCUT2D eigenvalue weighted by Crippen LogP contribution is -2.37. The Balaban J connectivity index is 1.65. The van der Waals surface area contributed by atoms with Crippen molar-refractivity contribution in [3.63, 3.8) is 0 Å². The first-order valence-corrected chi connectivity index (χ1v) is 8.27. The predicted molar refractivity (Wildman–Crippen MR) is 91.6 cm³/mol. The second kappa shape index (κ2) is 8.39. The van der Waals surface area contributed by atoms with Crippen LogP contribution >= 0.6 is 0 Å². The molecule has 1 saturated heterocycles. The van der Waals surface area contributed by atoms with Crippen LogP contribution in [0.15, 0.2) is 30.7 Å². The maximum Gasteiger partial charge on any atom is 0.270 e. The van der Waals surface area contributed by atoms with Gasteiger partial charge in [-0.15, -0.1) is 0 Å². The molecule has 1 N–H and O–H groups in total. The highest BCUT2D eigenvalue weighted by Gasteiger charge is 2.16. The molecule has 0 aromatic carbocycles. The van der Waals surface area contributed by atoms with Crippen LogP contribution in [-0.4, -0.2) is 53.8 Å². The Morgan fingerprint density at radius 3 is 2.96 bits per heavy atom. The molecule has 8 nitrogen and oxygen atoms in total. The molecule has 1 fully saturated rings. The van der Waals surface area contributed by atoms with Gasteiger partial charge in [-0.05, 0) is 13.0 Å². The van der Waals surface area contributed by atoms with Crippen molar-refractivity contribution in [1.29, 1.82) is 0 Å². The van der Waals surface area contributed by atoms with Gasteiger partial charge in [0.15, 0.2) is 0 Å². The number of rotatable bonds is 6. The van der Waals surface area contributed by atoms with Crippen LogP contribution in [0, 0.1) is 0 Å². The monoisotopic (exact) mass is 343 g/mol. The van der Waals surface area contributed by atoms with Gasteiger partial charge >= 0.3 is 0 Å². The Labute approximate surface area is 146 Å². The normalized spacial score (nSPS) is 14.2. The van der Waals surface area contributed by atoms with Gasteiger partial charge in [-0.3, -0.25) is 4.79 Å². The number of carbonyl (C=O) groups excluding carboxylic acids is 1. The van der Waals surface area contributed by atoms with E-state index in [1.54, 1.807) is 12.3 Å². The smallest absolute Gasteiger partial charge is 0.270 e. The Morgan fingerprint density at radius 2 is 2.16 bits per heavy atom. The minimum absolute atomic E-state index is 0.261. The summed E-state index contributed by atoms with van der Waals surface area (Å²) in [6, 6.07) is 5.38. The second-order valence-electron chi connectivity index (χ2n) is 5.44. The van der Waals surface area contributed by atoms with Gasteiger partial charge in [-0.1, -0.05) is 6.07 Å². The molecule has 25 heavy (non-hydrogen) atoms. The summed E-state index contributed by atoms with van der Waals surface area (Å²) in [6.45, 7) is 5.56. The highest BCUT2D eigenvalue weighted by molar-refractivity contribution is 5.92. The Hall–Kier alpha value is -2.74. The molecule has 3 rings (SSSR count). The summed E-state index contributed by atoms with van der Waals surface area (Å²) in [5.41, 5.74) is 1.15. The zero-order valence-electron chi connectivity index (χ0n) is 14.1. The number of anilines is 1. The summed E-state index contributed by atoms with van der Waals surface area (Å²) in [5.74, 6) is 1.00. The summed E-state index contributed by atoms with van der Waals surface area (Å²) in [5, 5.41) is 2.85. The van der Waals surface area contributed by atoms with Crippen LogP contribution in [0.25, 0.3) is 0 Å². The molecule has 2 aromatic heterocycles. The molecule has 1 aliphatic heterocycles. The van der Waals surface area contributed by atoms with Crippen LogP contribution < -0.4 is 15.0 Å². The summed E-state index contributed by atoms with van der Waals surface area (Å²) >= 11 is 0. The van der Waals surface area contributed by atoms with Crippen molar-refractivity contribution in [2.24, 2.45) is 0 Å². The van der Waals surface area contributed by atoms with E-state index >= 15 is 0 Å². The summed E-state index contributed by atoms with van der Waals surface area (Å²) in [7, 11) is 0. The lowest BCUT2D eigenvalue weighted by Gasteiger charge is -2.27. The van der Waals surface area contributed by atoms with Gasteiger partial charge < -0.3 is 19.7 Å². The van der Waals surface area contributed by atoms with Crippen LogP contribution in [0.5, 0.6) is 5.88 Å². The van der Waals surface area contributed by atoms with E-state index in [9.17, 15) is 4.79 Å². The summed E-state index contributed by atoms with van der Waals surface area (Å²) in [6.07, 6.45) is 3.07. The van der Waals surface area contributed by atoms with E-state index in [-0.39, 0.29) is 5.91 Å². The van der Waals surface area contributed by atoms with Gasteiger partial charge in [0, 0.05) is 37.5 Å². The molecule has 8 heteroatoms. The minimum atomic E-state index is -0.261. The molecular weight excluding hydrogens is 322 g/mol. The lowest BCUT2D eigenvalue weighted by molar-refractivity contribution is 0.0945. The molecule has 0 saturated carbocycles. The van der Waals surface area contributed by atoms with Gasteiger partial charge in [0.25, 0.3) is 5.91 Å². The Kier molecular flexibility index (Phi) is 5.73. The fourth-order valence-corrected chi connectivity index (χ4v) is 2.53. The van der Waals surface area contributed by atoms with Crippen molar-refractivity contribution in [2.75, 3.05) is 37.8 Å². The van der Waals surface area contributed by atoms with Crippen molar-refractivity contribution in [2.45, 2.75) is 13.5 Å². The molecule has 1 amide bonds. The van der Waals surface area contributed by atoms with Crippen LogP contribution in [0.1, 0.15) is 23.0 Å². The average molecular weight is 343 g/mol. The minimum Gasteiger partial charge on any atom is -0.478 e. The SMILES string of the molecule is CCOc1ncccc1CNC(=O)c1cc(N2CCOCC2)ncn1. The van der Waals surface area contributed by atoms with Crippen LogP contribution in [-0.2, 0) is 11.3 Å². The first-order valence-electron chi connectivity index (χ1n) is 8.27. The molecule has 3 heterocycles. The van der Waals surface area contributed by atoms with Crippen molar-refractivity contribution in [1.82, 2.24) is 20.3 Å². The number of ether oxygens (including phenoxy) is 2. The van der Waals surface area contributed by atoms with Gasteiger partial charge in [0.2, 0.25) is 5.88 Å². The number of amides is 1. The molecule has 132 valence electrons. The third-order valence-electron chi connectivity index (χ3n) is 3.79. The van der Waals surface area contributed by atoms with Crippen LogP contribution in [0.4, 0.5) is 5.82 Å². The predicted octanol–water partition coefficient (Wildman–Crippen LogP) is 1.04. The molecule has 0 aliphatic carbocycles. The largest absolute Gasteiger partial charge is 0.478 e. The van der Waals surface area contributed by atoms with Crippen molar-refractivity contribution in [3.8, 4) is 5.88 Å². The number of nitrogens with one attached hydrogen (secondary N) is 1. The quantitative estimate of drug-likeness (QED) is 0.838. The molecular formula is C17H21N5O3. The zero-order valence-corrected chi connectivity index (χ0v) is 14.1. The standard InChI is InChI=1S/C17H21N5O3/c1-2-25-17-13(4-3-5-18-17)11-19-16(23)14-10-15(21-12-20-14)22-6-8-24-9-7-22/h3-5,10,12H,2,6-9,11H2,1H3,(H,19,23). The third kappa shape index (κ3) is 4.42. The topological polar surface area (TPSA) is 89.5 Å². The third-order valence-corrected chi connectivity index (χ3v) is 3.79. The second-order valence-corrected chi connectivity index (χ2v) is 5.44. The molecule has 0 radical (unpaired) electrons. The number of carbonyl (C=O) groups is 1. The van der Waals surface area contributed by atoms with Crippen molar-refractivity contribution in [3.05, 3.63) is 42.0 Å². The summed E-state index contributed by atoms with van der Waals surface area (Å²) in [4.78, 5) is 27.0. The zero-order chi connectivity index (χ0) is 17.5. The number of hydrogen-bond donors (Lipinski definition) is 1. The molecule has 0 unspecified atom stereocenters. The summed E-state index contributed by atoms with van der Waals surface area (Å²) < 4.78 is 10.8. The van der Waals surface area contributed by atoms with E-state index in [1.165, 1.54) is 6.33 Å². The fraction of sp³-hybridized carbons (Fsp3) is 0.412. The van der Waals surface area contributed by atoms with Gasteiger partial charge in [-0.2, -0.15) is 0 Å². The average Bonchev–Trinajstić information content (AvgIpc) is 2.68. The van der Waals surface area contributed by atoms with Gasteiger partial charge in [-0.25, -0.2) is 15.0 Å². The van der Waals surface area contributed by atoms with E-state index in [1.807, 2.05) is 19.1 Å². The van der Waals surface area contributed by atoms with E-state index in [0.29, 0.717) is 37.9 Å². The molecule has 0 spiro atoms. The number of pyridine rings is 1. The van der Waals surface area contributed by atoms with E-state index in [2.05, 4.69) is 25.2 Å². The number of morpholine rings is 1. The first-order chi connectivity index (χ1) is 12.3. The van der Waals surface area contributed by atoms with Crippen molar-refractivity contribution < 1.29 is 14.3 Å². The number of nitrogens with zero attached hydrogens (tertiary/aromatic N) is 4. The molecule has 1 aliphatic rings. The molecule has 2 aromatic rings. The van der Waals surface area contributed by atoms with Crippen LogP contribution in [0.2, 0.25) is 0 Å². The number of hydrogen-bond acceptors (Lipinski definition) is 7. The van der Waals surface area contributed by atoms with Crippen molar-refractivity contribution >= 4 is 11.7 Å². The lowest BCUT2D eigenvalue weighted by atomic mass is 10.2. The highest BCUT2D eigenvalue weighted by atomic mass is 16.5. The molecule has 0 bridgehead atoms. The van der Waals surface area contributed by atoms with E-state index in [4.69, 9.17) is 9.47 Å². The molecule has 0 atom stereocenters. The first kappa shape index (κ1) is 17.1. The van der Waals surface area contributed by atoms with Crippen LogP contribution in [0.3, 0.4) is 0 Å². The fourth-order valence-electron chi connectivity index (χ4n) is 2.53. The van der Waals surface area contributed by atoms with Gasteiger partial charge in [0.1, 0.15) is 17.8 Å². The Bertz CT molecular complexity index is 719. The number of aromatic nitrogens is 3. The van der Waals surface area contributed by atoms with E-state index < -0.39 is 0 Å². The Morgan fingerprint density at radius 1 is 1.32 bits per heavy atom. The highest BCUT2D eigenvalue weighted by Crippen LogP contribution is 2.15. The maximum absolute atomic E-state index is 12.4. The van der Waals surface area contributed by atoms with E-state index in [0.717, 1.165) is 24.5 Å². The van der Waals surface area contributed by atoms with Gasteiger partial charge in [0.05, 0.1) is 19.8 Å². The maximum atomic E-state index is 12.4.